The summed E-state index contributed by atoms with van der Waals surface area (Å²) < 4.78 is 5.47. The van der Waals surface area contributed by atoms with Gasteiger partial charge in [0, 0.05) is 36.3 Å². The Morgan fingerprint density at radius 1 is 1.13 bits per heavy atom. The van der Waals surface area contributed by atoms with Gasteiger partial charge in [0.05, 0.1) is 42.8 Å². The highest BCUT2D eigenvalue weighted by atomic mass is 16.5. The maximum atomic E-state index is 13.8. The minimum absolute atomic E-state index is 0.117. The van der Waals surface area contributed by atoms with Crippen LogP contribution >= 0.6 is 0 Å². The first kappa shape index (κ1) is 27.0. The summed E-state index contributed by atoms with van der Waals surface area (Å²) in [5.41, 5.74) is 2.09. The molecular formula is C28H32N6O4. The van der Waals surface area contributed by atoms with Gasteiger partial charge in [-0.15, -0.1) is 0 Å². The van der Waals surface area contributed by atoms with E-state index in [2.05, 4.69) is 15.5 Å². The summed E-state index contributed by atoms with van der Waals surface area (Å²) in [6, 6.07) is 15.2. The van der Waals surface area contributed by atoms with E-state index in [1.807, 2.05) is 45.0 Å². The molecule has 0 spiro atoms. The first-order valence-electron chi connectivity index (χ1n) is 12.5. The van der Waals surface area contributed by atoms with E-state index in [0.717, 1.165) is 18.7 Å². The largest absolute Gasteiger partial charge is 0.379 e. The second-order valence-corrected chi connectivity index (χ2v) is 10.3. The molecule has 2 N–H and O–H groups in total. The molecule has 10 nitrogen and oxygen atoms in total. The van der Waals surface area contributed by atoms with Crippen molar-refractivity contribution in [2.75, 3.05) is 49.6 Å². The topological polar surface area (TPSA) is 127 Å². The maximum Gasteiger partial charge on any atom is 0.321 e. The number of ether oxygens (including phenoxy) is 1. The number of rotatable bonds is 6. The van der Waals surface area contributed by atoms with Gasteiger partial charge in [0.1, 0.15) is 0 Å². The number of morpholine rings is 1. The lowest BCUT2D eigenvalue weighted by molar-refractivity contribution is -0.127. The number of urea groups is 1. The fourth-order valence-electron chi connectivity index (χ4n) is 4.19. The fraction of sp³-hybridized carbons (Fsp3) is 0.393. The summed E-state index contributed by atoms with van der Waals surface area (Å²) in [6.45, 7) is 8.37. The average Bonchev–Trinajstić information content (AvgIpc) is 2.99. The highest BCUT2D eigenvalue weighted by Gasteiger charge is 2.36. The molecule has 3 amide bonds. The minimum atomic E-state index is -1.26. The fourth-order valence-corrected chi connectivity index (χ4v) is 4.19. The molecule has 2 heterocycles. The van der Waals surface area contributed by atoms with Gasteiger partial charge < -0.3 is 20.3 Å². The standard InChI is InChI=1S/C28H32N6O4/c1-28(2,3)24(35)18-34-23-10-5-4-9-21(23)22(17-33-11-13-38-14-12-33)31-25(26(34)36)32-27(37)30-20-8-6-7-19(15-20)16-29/h4-10,15,25H,11-14,17-18H2,1-3H3,(H2,30,32,37). The summed E-state index contributed by atoms with van der Waals surface area (Å²) >= 11 is 0. The molecular weight excluding hydrogens is 484 g/mol. The first-order chi connectivity index (χ1) is 18.2. The molecule has 0 radical (unpaired) electrons. The number of nitriles is 1. The van der Waals surface area contributed by atoms with Crippen LogP contribution < -0.4 is 15.5 Å². The Labute approximate surface area is 222 Å². The lowest BCUT2D eigenvalue weighted by atomic mass is 9.90. The number of hydrogen-bond donors (Lipinski definition) is 2. The predicted octanol–water partition coefficient (Wildman–Crippen LogP) is 2.79. The average molecular weight is 517 g/mol. The van der Waals surface area contributed by atoms with E-state index >= 15 is 0 Å². The van der Waals surface area contributed by atoms with Gasteiger partial charge in [-0.1, -0.05) is 45.0 Å². The van der Waals surface area contributed by atoms with Crippen molar-refractivity contribution in [2.24, 2.45) is 10.4 Å². The predicted molar refractivity (Wildman–Crippen MR) is 144 cm³/mol. The minimum Gasteiger partial charge on any atom is -0.379 e. The number of amides is 3. The van der Waals surface area contributed by atoms with Gasteiger partial charge in [-0.25, -0.2) is 4.79 Å². The van der Waals surface area contributed by atoms with Crippen molar-refractivity contribution in [3.8, 4) is 6.07 Å². The molecule has 1 atom stereocenters. The molecule has 38 heavy (non-hydrogen) atoms. The lowest BCUT2D eigenvalue weighted by Gasteiger charge is -2.28. The molecule has 2 aliphatic rings. The van der Waals surface area contributed by atoms with E-state index in [4.69, 9.17) is 15.0 Å². The third-order valence-electron chi connectivity index (χ3n) is 6.42. The number of benzene rings is 2. The second-order valence-electron chi connectivity index (χ2n) is 10.3. The zero-order valence-corrected chi connectivity index (χ0v) is 21.9. The Kier molecular flexibility index (Phi) is 8.20. The van der Waals surface area contributed by atoms with Crippen molar-refractivity contribution in [1.82, 2.24) is 10.2 Å². The second kappa shape index (κ2) is 11.5. The molecule has 2 aromatic rings. The van der Waals surface area contributed by atoms with E-state index in [9.17, 15) is 14.4 Å². The van der Waals surface area contributed by atoms with Crippen LogP contribution in [0.2, 0.25) is 0 Å². The van der Waals surface area contributed by atoms with Crippen LogP contribution in [0.3, 0.4) is 0 Å². The Bertz CT molecular complexity index is 1290. The maximum absolute atomic E-state index is 13.8. The van der Waals surface area contributed by atoms with Crippen LogP contribution in [-0.4, -0.2) is 73.9 Å². The van der Waals surface area contributed by atoms with Gasteiger partial charge in [-0.05, 0) is 24.3 Å². The molecule has 198 valence electrons. The molecule has 10 heteroatoms. The quantitative estimate of drug-likeness (QED) is 0.608. The van der Waals surface area contributed by atoms with E-state index < -0.39 is 23.5 Å². The summed E-state index contributed by atoms with van der Waals surface area (Å²) in [6.07, 6.45) is -1.26. The van der Waals surface area contributed by atoms with E-state index in [-0.39, 0.29) is 12.3 Å². The summed E-state index contributed by atoms with van der Waals surface area (Å²) in [7, 11) is 0. The molecule has 2 aliphatic heterocycles. The number of carbonyl (C=O) groups is 3. The highest BCUT2D eigenvalue weighted by molar-refractivity contribution is 6.15. The molecule has 1 unspecified atom stereocenters. The number of carbonyl (C=O) groups excluding carboxylic acids is 3. The number of nitrogens with zero attached hydrogens (tertiary/aromatic N) is 4. The van der Waals surface area contributed by atoms with Gasteiger partial charge in [0.2, 0.25) is 6.17 Å². The molecule has 0 saturated carbocycles. The smallest absolute Gasteiger partial charge is 0.321 e. The van der Waals surface area contributed by atoms with Crippen molar-refractivity contribution >= 4 is 34.8 Å². The third kappa shape index (κ3) is 6.43. The molecule has 4 rings (SSSR count). The van der Waals surface area contributed by atoms with Crippen molar-refractivity contribution in [2.45, 2.75) is 26.9 Å². The van der Waals surface area contributed by atoms with Crippen molar-refractivity contribution in [3.63, 3.8) is 0 Å². The molecule has 0 aromatic heterocycles. The number of Topliss-reactive ketones (excluding diaryl/α,β-unsaturated/α-hetero) is 1. The number of fused-ring (bicyclic) bond motifs is 1. The van der Waals surface area contributed by atoms with Gasteiger partial charge >= 0.3 is 6.03 Å². The van der Waals surface area contributed by atoms with Gasteiger partial charge in [-0.2, -0.15) is 5.26 Å². The van der Waals surface area contributed by atoms with Crippen LogP contribution in [-0.2, 0) is 14.3 Å². The van der Waals surface area contributed by atoms with Crippen molar-refractivity contribution in [1.29, 1.82) is 5.26 Å². The molecule has 0 aliphatic carbocycles. The Balaban J connectivity index is 1.68. The van der Waals surface area contributed by atoms with Gasteiger partial charge in [0.25, 0.3) is 5.91 Å². The molecule has 1 fully saturated rings. The van der Waals surface area contributed by atoms with Crippen LogP contribution in [0, 0.1) is 16.7 Å². The van der Waals surface area contributed by atoms with Crippen LogP contribution in [0.1, 0.15) is 31.9 Å². The van der Waals surface area contributed by atoms with Crippen LogP contribution in [0.5, 0.6) is 0 Å². The highest BCUT2D eigenvalue weighted by Crippen LogP contribution is 2.28. The zero-order valence-electron chi connectivity index (χ0n) is 21.9. The number of hydrogen-bond acceptors (Lipinski definition) is 7. The van der Waals surface area contributed by atoms with Crippen LogP contribution in [0.25, 0.3) is 0 Å². The summed E-state index contributed by atoms with van der Waals surface area (Å²) in [4.78, 5) is 48.2. The van der Waals surface area contributed by atoms with Crippen LogP contribution in [0.4, 0.5) is 16.2 Å². The number of benzodiazepines with no additional fused rings is 1. The summed E-state index contributed by atoms with van der Waals surface area (Å²) in [5.74, 6) is -0.623. The molecule has 0 bridgehead atoms. The van der Waals surface area contributed by atoms with E-state index in [1.54, 1.807) is 24.3 Å². The monoisotopic (exact) mass is 516 g/mol. The number of anilines is 2. The van der Waals surface area contributed by atoms with E-state index in [0.29, 0.717) is 42.4 Å². The number of ketones is 1. The molecule has 2 aromatic carbocycles. The zero-order chi connectivity index (χ0) is 27.3. The SMILES string of the molecule is CC(C)(C)C(=O)CN1C(=O)C(NC(=O)Nc2cccc(C#N)c2)N=C(CN2CCOCC2)c2ccccc21. The Morgan fingerprint density at radius 3 is 2.58 bits per heavy atom. The van der Waals surface area contributed by atoms with Crippen LogP contribution in [0.15, 0.2) is 53.5 Å². The number of aliphatic imine (C=N–C) groups is 1. The number of para-hydroxylation sites is 1. The van der Waals surface area contributed by atoms with Gasteiger partial charge in [0.15, 0.2) is 5.78 Å². The Hall–Kier alpha value is -4.07. The van der Waals surface area contributed by atoms with E-state index in [1.165, 1.54) is 11.0 Å². The Morgan fingerprint density at radius 2 is 1.87 bits per heavy atom. The number of nitrogens with one attached hydrogen (secondary N) is 2. The van der Waals surface area contributed by atoms with Crippen molar-refractivity contribution < 1.29 is 19.1 Å². The third-order valence-corrected chi connectivity index (χ3v) is 6.42. The normalized spacial score (nSPS) is 18.1. The summed E-state index contributed by atoms with van der Waals surface area (Å²) in [5, 5.41) is 14.5. The van der Waals surface area contributed by atoms with Crippen molar-refractivity contribution in [3.05, 3.63) is 59.7 Å². The first-order valence-corrected chi connectivity index (χ1v) is 12.5. The lowest BCUT2D eigenvalue weighted by Crippen LogP contribution is -2.50. The molecule has 1 saturated heterocycles. The van der Waals surface area contributed by atoms with Gasteiger partial charge in [-0.3, -0.25) is 19.5 Å².